The predicted octanol–water partition coefficient (Wildman–Crippen LogP) is 2.47. The van der Waals surface area contributed by atoms with Gasteiger partial charge in [-0.15, -0.1) is 6.58 Å². The number of carbonyl (C=O) groups is 3. The van der Waals surface area contributed by atoms with Gasteiger partial charge in [0.15, 0.2) is 0 Å². The predicted molar refractivity (Wildman–Crippen MR) is 127 cm³/mol. The standard InChI is InChI=1S/C26H31N3O5/c1-6-23(2,3)25(14-18-20(30)29-11-7-9-26(29,33)22(32)28-18)16-12-15-8-10-24(4,5)34-19(15)13-17(16)27-21(25)31/h6,8,10,12-13,18,33H,1,7,9,11,14H2,2-5H3,(H,27,31)(H,28,32). The van der Waals surface area contributed by atoms with Crippen LogP contribution in [-0.4, -0.2) is 51.6 Å². The third-order valence-corrected chi connectivity index (χ3v) is 7.99. The Hall–Kier alpha value is -3.13. The quantitative estimate of drug-likeness (QED) is 0.592. The van der Waals surface area contributed by atoms with E-state index in [1.807, 2.05) is 52.0 Å². The highest BCUT2D eigenvalue weighted by atomic mass is 16.5. The zero-order valence-electron chi connectivity index (χ0n) is 20.0. The smallest absolute Gasteiger partial charge is 0.274 e. The molecule has 5 rings (SSSR count). The molecule has 2 fully saturated rings. The number of allylic oxidation sites excluding steroid dienone is 1. The minimum absolute atomic E-state index is 0.0385. The van der Waals surface area contributed by atoms with E-state index in [9.17, 15) is 19.5 Å². The Kier molecular flexibility index (Phi) is 4.63. The molecule has 34 heavy (non-hydrogen) atoms. The van der Waals surface area contributed by atoms with Crippen LogP contribution in [0.3, 0.4) is 0 Å². The lowest BCUT2D eigenvalue weighted by atomic mass is 9.59. The molecule has 0 aliphatic carbocycles. The lowest BCUT2D eigenvalue weighted by Gasteiger charge is -2.46. The highest BCUT2D eigenvalue weighted by Crippen LogP contribution is 2.55. The van der Waals surface area contributed by atoms with Crippen molar-refractivity contribution in [3.63, 3.8) is 0 Å². The molecule has 0 radical (unpaired) electrons. The van der Waals surface area contributed by atoms with Crippen LogP contribution >= 0.6 is 0 Å². The maximum absolute atomic E-state index is 13.7. The lowest BCUT2D eigenvalue weighted by molar-refractivity contribution is -0.178. The van der Waals surface area contributed by atoms with Gasteiger partial charge in [-0.2, -0.15) is 0 Å². The van der Waals surface area contributed by atoms with E-state index in [4.69, 9.17) is 4.74 Å². The first-order chi connectivity index (χ1) is 15.8. The van der Waals surface area contributed by atoms with Crippen molar-refractivity contribution >= 4 is 29.5 Å². The third kappa shape index (κ3) is 2.90. The van der Waals surface area contributed by atoms with Gasteiger partial charge in [0.05, 0.1) is 5.41 Å². The maximum Gasteiger partial charge on any atom is 0.274 e. The van der Waals surface area contributed by atoms with Gasteiger partial charge in [-0.1, -0.05) is 26.0 Å². The Morgan fingerprint density at radius 1 is 1.26 bits per heavy atom. The number of ether oxygens (including phenoxy) is 1. The average Bonchev–Trinajstić information content (AvgIpc) is 3.29. The zero-order chi connectivity index (χ0) is 24.7. The van der Waals surface area contributed by atoms with Gasteiger partial charge in [-0.25, -0.2) is 0 Å². The van der Waals surface area contributed by atoms with Gasteiger partial charge in [-0.3, -0.25) is 14.4 Å². The van der Waals surface area contributed by atoms with Crippen molar-refractivity contribution in [1.29, 1.82) is 0 Å². The van der Waals surface area contributed by atoms with Crippen LogP contribution in [0.1, 0.15) is 58.1 Å². The number of fused-ring (bicyclic) bond motifs is 3. The Balaban J connectivity index is 1.62. The first kappa shape index (κ1) is 22.7. The van der Waals surface area contributed by atoms with E-state index < -0.39 is 34.1 Å². The summed E-state index contributed by atoms with van der Waals surface area (Å²) in [5.41, 5.74) is -2.02. The van der Waals surface area contributed by atoms with E-state index in [1.165, 1.54) is 4.90 Å². The lowest BCUT2D eigenvalue weighted by Crippen LogP contribution is -2.69. The van der Waals surface area contributed by atoms with Crippen molar-refractivity contribution in [2.24, 2.45) is 5.41 Å². The second-order valence-corrected chi connectivity index (χ2v) is 10.9. The molecule has 180 valence electrons. The molecule has 1 aromatic rings. The zero-order valence-corrected chi connectivity index (χ0v) is 20.0. The molecule has 4 aliphatic rings. The average molecular weight is 466 g/mol. The van der Waals surface area contributed by atoms with Crippen LogP contribution < -0.4 is 15.4 Å². The fourth-order valence-electron chi connectivity index (χ4n) is 5.81. The molecule has 0 saturated carbocycles. The highest BCUT2D eigenvalue weighted by Gasteiger charge is 2.61. The van der Waals surface area contributed by atoms with Crippen LogP contribution in [0.4, 0.5) is 5.69 Å². The van der Waals surface area contributed by atoms with E-state index in [2.05, 4.69) is 17.2 Å². The second-order valence-electron chi connectivity index (χ2n) is 10.9. The molecule has 3 amide bonds. The Labute approximate surface area is 199 Å². The molecular formula is C26H31N3O5. The van der Waals surface area contributed by atoms with Crippen molar-refractivity contribution in [2.45, 2.75) is 69.7 Å². The fourth-order valence-corrected chi connectivity index (χ4v) is 5.81. The number of amides is 3. The van der Waals surface area contributed by atoms with Gasteiger partial charge in [0, 0.05) is 35.7 Å². The number of hydrogen-bond donors (Lipinski definition) is 3. The first-order valence-electron chi connectivity index (χ1n) is 11.7. The van der Waals surface area contributed by atoms with Crippen molar-refractivity contribution in [2.75, 3.05) is 11.9 Å². The van der Waals surface area contributed by atoms with E-state index in [0.717, 1.165) is 11.1 Å². The molecule has 4 heterocycles. The summed E-state index contributed by atoms with van der Waals surface area (Å²) < 4.78 is 6.10. The third-order valence-electron chi connectivity index (χ3n) is 7.99. The van der Waals surface area contributed by atoms with E-state index in [-0.39, 0.29) is 24.7 Å². The summed E-state index contributed by atoms with van der Waals surface area (Å²) in [7, 11) is 0. The number of nitrogens with zero attached hydrogens (tertiary/aromatic N) is 1. The van der Waals surface area contributed by atoms with Gasteiger partial charge in [0.1, 0.15) is 17.4 Å². The molecule has 3 atom stereocenters. The number of aliphatic hydroxyl groups is 1. The van der Waals surface area contributed by atoms with E-state index >= 15 is 0 Å². The molecule has 8 nitrogen and oxygen atoms in total. The molecule has 3 N–H and O–H groups in total. The number of nitrogens with one attached hydrogen (secondary N) is 2. The summed E-state index contributed by atoms with van der Waals surface area (Å²) in [4.78, 5) is 41.2. The number of carbonyl (C=O) groups excluding carboxylic acids is 3. The number of anilines is 1. The molecular weight excluding hydrogens is 434 g/mol. The van der Waals surface area contributed by atoms with Crippen molar-refractivity contribution in [3.8, 4) is 5.75 Å². The Bertz CT molecular complexity index is 1170. The van der Waals surface area contributed by atoms with Crippen LogP contribution in [0.15, 0.2) is 30.9 Å². The topological polar surface area (TPSA) is 108 Å². The summed E-state index contributed by atoms with van der Waals surface area (Å²) in [6.07, 6.45) is 6.45. The van der Waals surface area contributed by atoms with Crippen molar-refractivity contribution in [3.05, 3.63) is 42.0 Å². The molecule has 2 saturated heterocycles. The fraction of sp³-hybridized carbons (Fsp3) is 0.500. The van der Waals surface area contributed by atoms with Gasteiger partial charge in [0.2, 0.25) is 17.5 Å². The summed E-state index contributed by atoms with van der Waals surface area (Å²) in [5, 5.41) is 16.5. The molecule has 4 aliphatic heterocycles. The minimum Gasteiger partial charge on any atom is -0.483 e. The van der Waals surface area contributed by atoms with Gasteiger partial charge >= 0.3 is 0 Å². The molecule has 1 aromatic carbocycles. The van der Waals surface area contributed by atoms with Gasteiger partial charge in [-0.05, 0) is 44.4 Å². The Morgan fingerprint density at radius 3 is 2.71 bits per heavy atom. The molecule has 8 heteroatoms. The number of rotatable bonds is 4. The number of benzene rings is 1. The molecule has 0 bridgehead atoms. The monoisotopic (exact) mass is 465 g/mol. The van der Waals surface area contributed by atoms with Gasteiger partial charge in [0.25, 0.3) is 5.91 Å². The van der Waals surface area contributed by atoms with Crippen LogP contribution in [0.5, 0.6) is 5.75 Å². The van der Waals surface area contributed by atoms with Crippen molar-refractivity contribution < 1.29 is 24.2 Å². The molecule has 0 aromatic heterocycles. The first-order valence-corrected chi connectivity index (χ1v) is 11.7. The normalized spacial score (nSPS) is 31.3. The maximum atomic E-state index is 13.7. The largest absolute Gasteiger partial charge is 0.483 e. The summed E-state index contributed by atoms with van der Waals surface area (Å²) in [5.74, 6) is -0.558. The Morgan fingerprint density at radius 2 is 2.00 bits per heavy atom. The van der Waals surface area contributed by atoms with Gasteiger partial charge < -0.3 is 25.4 Å². The molecule has 0 spiro atoms. The van der Waals surface area contributed by atoms with Crippen LogP contribution in [-0.2, 0) is 19.8 Å². The SMILES string of the molecule is C=CC(C)(C)C1(CC2NC(=O)C3(O)CCCN3C2=O)C(=O)Nc2cc3c(cc21)C=CC(C)(C)O3. The summed E-state index contributed by atoms with van der Waals surface area (Å²) in [6, 6.07) is 2.80. The van der Waals surface area contributed by atoms with Crippen LogP contribution in [0, 0.1) is 5.41 Å². The van der Waals surface area contributed by atoms with E-state index in [0.29, 0.717) is 24.4 Å². The van der Waals surface area contributed by atoms with Crippen LogP contribution in [0.2, 0.25) is 0 Å². The number of hydrogen-bond acceptors (Lipinski definition) is 5. The minimum atomic E-state index is -1.81. The summed E-state index contributed by atoms with van der Waals surface area (Å²) >= 11 is 0. The summed E-state index contributed by atoms with van der Waals surface area (Å²) in [6.45, 7) is 12.0. The second kappa shape index (κ2) is 6.95. The van der Waals surface area contributed by atoms with E-state index in [1.54, 1.807) is 6.08 Å². The number of piperazine rings is 1. The molecule has 3 unspecified atom stereocenters. The highest BCUT2D eigenvalue weighted by molar-refractivity contribution is 6.09. The van der Waals surface area contributed by atoms with Crippen molar-refractivity contribution in [1.82, 2.24) is 10.2 Å². The van der Waals surface area contributed by atoms with Crippen LogP contribution in [0.25, 0.3) is 6.08 Å².